The predicted octanol–water partition coefficient (Wildman–Crippen LogP) is 5.16. The van der Waals surface area contributed by atoms with Gasteiger partial charge in [0, 0.05) is 10.0 Å². The summed E-state index contributed by atoms with van der Waals surface area (Å²) in [5.41, 5.74) is 2.07. The van der Waals surface area contributed by atoms with Crippen LogP contribution in [0.5, 0.6) is 0 Å². The molecule has 1 nitrogen and oxygen atoms in total. The van der Waals surface area contributed by atoms with Crippen molar-refractivity contribution < 1.29 is 8.78 Å². The van der Waals surface area contributed by atoms with Gasteiger partial charge in [-0.2, -0.15) is 0 Å². The maximum Gasteiger partial charge on any atom is 0.132 e. The van der Waals surface area contributed by atoms with E-state index in [0.29, 0.717) is 10.4 Å². The van der Waals surface area contributed by atoms with Crippen LogP contribution in [-0.2, 0) is 0 Å². The molecule has 0 aromatic heterocycles. The fraction of sp³-hybridized carbons (Fsp3) is 0.294. The van der Waals surface area contributed by atoms with Crippen molar-refractivity contribution in [2.45, 2.75) is 25.8 Å². The maximum atomic E-state index is 14.1. The van der Waals surface area contributed by atoms with Gasteiger partial charge in [0.1, 0.15) is 11.6 Å². The fourth-order valence-electron chi connectivity index (χ4n) is 2.38. The van der Waals surface area contributed by atoms with Crippen LogP contribution in [0.25, 0.3) is 0 Å². The van der Waals surface area contributed by atoms with Gasteiger partial charge in [-0.25, -0.2) is 8.78 Å². The van der Waals surface area contributed by atoms with Crippen molar-refractivity contribution in [2.24, 2.45) is 0 Å². The van der Waals surface area contributed by atoms with Crippen LogP contribution in [0, 0.1) is 11.6 Å². The highest BCUT2D eigenvalue weighted by Crippen LogP contribution is 2.30. The minimum absolute atomic E-state index is 0.0398. The van der Waals surface area contributed by atoms with E-state index in [2.05, 4.69) is 35.1 Å². The Balaban J connectivity index is 2.45. The van der Waals surface area contributed by atoms with Gasteiger partial charge in [0.2, 0.25) is 0 Å². The lowest BCUT2D eigenvalue weighted by atomic mass is 9.95. The fourth-order valence-corrected chi connectivity index (χ4v) is 2.78. The zero-order valence-corrected chi connectivity index (χ0v) is 13.8. The summed E-state index contributed by atoms with van der Waals surface area (Å²) < 4.78 is 28.7. The molecule has 0 fully saturated rings. The summed E-state index contributed by atoms with van der Waals surface area (Å²) in [5, 5.41) is 2.99. The van der Waals surface area contributed by atoms with Crippen LogP contribution in [0.15, 0.2) is 40.9 Å². The van der Waals surface area contributed by atoms with Crippen LogP contribution in [-0.4, -0.2) is 7.05 Å². The monoisotopic (exact) mass is 353 g/mol. The minimum Gasteiger partial charge on any atom is -0.309 e. The number of rotatable bonds is 4. The number of nitrogens with one attached hydrogen (secondary N) is 1. The molecule has 0 aliphatic heterocycles. The molecule has 0 amide bonds. The van der Waals surface area contributed by atoms with E-state index in [4.69, 9.17) is 0 Å². The number of hydrogen-bond donors (Lipinski definition) is 1. The Kier molecular flexibility index (Phi) is 5.12. The Bertz CT molecular complexity index is 600. The van der Waals surface area contributed by atoms with Crippen LogP contribution in [0.3, 0.4) is 0 Å². The molecule has 1 unspecified atom stereocenters. The van der Waals surface area contributed by atoms with E-state index in [9.17, 15) is 8.78 Å². The average Bonchev–Trinajstić information content (AvgIpc) is 2.42. The summed E-state index contributed by atoms with van der Waals surface area (Å²) in [5.74, 6) is -0.698. The second-order valence-corrected chi connectivity index (χ2v) is 6.24. The van der Waals surface area contributed by atoms with Crippen molar-refractivity contribution in [3.63, 3.8) is 0 Å². The molecule has 0 aliphatic carbocycles. The molecule has 112 valence electrons. The normalized spacial score (nSPS) is 12.7. The predicted molar refractivity (Wildman–Crippen MR) is 85.5 cm³/mol. The number of hydrogen-bond acceptors (Lipinski definition) is 1. The van der Waals surface area contributed by atoms with Crippen molar-refractivity contribution in [2.75, 3.05) is 7.05 Å². The van der Waals surface area contributed by atoms with Crippen LogP contribution >= 0.6 is 15.9 Å². The topological polar surface area (TPSA) is 12.0 Å². The number of benzene rings is 2. The summed E-state index contributed by atoms with van der Waals surface area (Å²) in [6.07, 6.45) is 0. The Morgan fingerprint density at radius 2 is 1.43 bits per heavy atom. The molecule has 0 radical (unpaired) electrons. The van der Waals surface area contributed by atoms with E-state index in [-0.39, 0.29) is 5.56 Å². The molecule has 2 aromatic rings. The molecule has 0 saturated heterocycles. The van der Waals surface area contributed by atoms with E-state index in [1.807, 2.05) is 24.3 Å². The lowest BCUT2D eigenvalue weighted by Gasteiger charge is -2.19. The van der Waals surface area contributed by atoms with Crippen molar-refractivity contribution in [3.05, 3.63) is 69.2 Å². The Morgan fingerprint density at radius 3 is 1.86 bits per heavy atom. The van der Waals surface area contributed by atoms with Crippen LogP contribution in [0.4, 0.5) is 8.78 Å². The molecule has 0 saturated carbocycles. The molecule has 1 atom stereocenters. The molecule has 21 heavy (non-hydrogen) atoms. The highest BCUT2D eigenvalue weighted by Gasteiger charge is 2.21. The van der Waals surface area contributed by atoms with Crippen LogP contribution in [0.1, 0.15) is 42.5 Å². The van der Waals surface area contributed by atoms with Crippen molar-refractivity contribution in [1.29, 1.82) is 0 Å². The second-order valence-electron chi connectivity index (χ2n) is 5.33. The standard InChI is InChI=1S/C17H18BrF2N/c1-10(2)11-4-6-12(7-5-11)17(21-3)16-14(19)8-13(18)9-15(16)20/h4-10,17,21H,1-3H3. The van der Waals surface area contributed by atoms with E-state index in [1.165, 1.54) is 17.7 Å². The number of halogens is 3. The van der Waals surface area contributed by atoms with Gasteiger partial charge in [-0.3, -0.25) is 0 Å². The van der Waals surface area contributed by atoms with Gasteiger partial charge in [0.25, 0.3) is 0 Å². The zero-order chi connectivity index (χ0) is 15.6. The SMILES string of the molecule is CNC(c1ccc(C(C)C)cc1)c1c(F)cc(Br)cc1F. The van der Waals surface area contributed by atoms with Gasteiger partial charge in [0.05, 0.1) is 6.04 Å². The van der Waals surface area contributed by atoms with Crippen molar-refractivity contribution in [1.82, 2.24) is 5.32 Å². The van der Waals surface area contributed by atoms with Gasteiger partial charge in [-0.15, -0.1) is 0 Å². The molecule has 0 aliphatic rings. The summed E-state index contributed by atoms with van der Waals surface area (Å²) in [6, 6.07) is 9.88. The van der Waals surface area contributed by atoms with Gasteiger partial charge in [-0.05, 0) is 36.2 Å². The lowest BCUT2D eigenvalue weighted by Crippen LogP contribution is -2.20. The first-order chi connectivity index (χ1) is 9.93. The molecule has 0 spiro atoms. The van der Waals surface area contributed by atoms with E-state index in [1.54, 1.807) is 7.05 Å². The van der Waals surface area contributed by atoms with Gasteiger partial charge >= 0.3 is 0 Å². The summed E-state index contributed by atoms with van der Waals surface area (Å²) >= 11 is 3.10. The first-order valence-corrected chi connectivity index (χ1v) is 7.65. The molecular formula is C17H18BrF2N. The quantitative estimate of drug-likeness (QED) is 0.800. The first kappa shape index (κ1) is 16.1. The smallest absolute Gasteiger partial charge is 0.132 e. The largest absolute Gasteiger partial charge is 0.309 e. The third-order valence-corrected chi connectivity index (χ3v) is 4.02. The van der Waals surface area contributed by atoms with Gasteiger partial charge < -0.3 is 5.32 Å². The second kappa shape index (κ2) is 6.67. The van der Waals surface area contributed by atoms with Gasteiger partial charge in [-0.1, -0.05) is 54.0 Å². The Hall–Kier alpha value is -1.26. The third kappa shape index (κ3) is 3.50. The highest BCUT2D eigenvalue weighted by atomic mass is 79.9. The van der Waals surface area contributed by atoms with Crippen LogP contribution < -0.4 is 5.32 Å². The minimum atomic E-state index is -0.561. The Morgan fingerprint density at radius 1 is 0.952 bits per heavy atom. The van der Waals surface area contributed by atoms with E-state index < -0.39 is 17.7 Å². The van der Waals surface area contributed by atoms with Crippen LogP contribution in [0.2, 0.25) is 0 Å². The molecule has 2 rings (SSSR count). The first-order valence-electron chi connectivity index (χ1n) is 6.85. The van der Waals surface area contributed by atoms with Crippen molar-refractivity contribution in [3.8, 4) is 0 Å². The molecule has 0 bridgehead atoms. The van der Waals surface area contributed by atoms with Gasteiger partial charge in [0.15, 0.2) is 0 Å². The lowest BCUT2D eigenvalue weighted by molar-refractivity contribution is 0.521. The zero-order valence-electron chi connectivity index (χ0n) is 12.3. The Labute approximate surface area is 132 Å². The average molecular weight is 354 g/mol. The summed E-state index contributed by atoms with van der Waals surface area (Å²) in [4.78, 5) is 0. The molecule has 1 N–H and O–H groups in total. The third-order valence-electron chi connectivity index (χ3n) is 3.56. The molecule has 4 heteroatoms. The molecular weight excluding hydrogens is 336 g/mol. The van der Waals surface area contributed by atoms with E-state index in [0.717, 1.165) is 5.56 Å². The maximum absolute atomic E-state index is 14.1. The highest BCUT2D eigenvalue weighted by molar-refractivity contribution is 9.10. The molecule has 0 heterocycles. The van der Waals surface area contributed by atoms with E-state index >= 15 is 0 Å². The molecule has 2 aromatic carbocycles. The summed E-state index contributed by atoms with van der Waals surface area (Å²) in [6.45, 7) is 4.22. The summed E-state index contributed by atoms with van der Waals surface area (Å²) in [7, 11) is 1.70. The van der Waals surface area contributed by atoms with Crippen molar-refractivity contribution >= 4 is 15.9 Å².